The monoisotopic (exact) mass is 286 g/mol. The lowest BCUT2D eigenvalue weighted by molar-refractivity contribution is -0.135. The van der Waals surface area contributed by atoms with Gasteiger partial charge in [-0.2, -0.15) is 4.98 Å². The summed E-state index contributed by atoms with van der Waals surface area (Å²) >= 11 is 0. The van der Waals surface area contributed by atoms with Gasteiger partial charge in [-0.1, -0.05) is 13.0 Å². The highest BCUT2D eigenvalue weighted by atomic mass is 16.5. The summed E-state index contributed by atoms with van der Waals surface area (Å²) in [4.78, 5) is 19.6. The van der Waals surface area contributed by atoms with Gasteiger partial charge in [0, 0.05) is 18.3 Å². The molecule has 0 saturated heterocycles. The Labute approximate surface area is 121 Å². The van der Waals surface area contributed by atoms with Crippen LogP contribution in [-0.2, 0) is 4.79 Å². The van der Waals surface area contributed by atoms with Gasteiger partial charge in [-0.15, -0.1) is 0 Å². The van der Waals surface area contributed by atoms with Crippen LogP contribution < -0.4 is 14.2 Å². The van der Waals surface area contributed by atoms with Crippen molar-refractivity contribution in [3.05, 3.63) is 36.0 Å². The summed E-state index contributed by atoms with van der Waals surface area (Å²) < 4.78 is 15.8. The standard InChI is InChI=1S/C15H14N2O4/c1-9-7-14(18)21-12-8-10(3-4-11(9)12)20-15-16-6-5-13(17-15)19-2/h3-6,8-9H,7H2,1-2H3. The summed E-state index contributed by atoms with van der Waals surface area (Å²) in [6.45, 7) is 1.99. The van der Waals surface area contributed by atoms with E-state index in [0.29, 0.717) is 23.8 Å². The summed E-state index contributed by atoms with van der Waals surface area (Å²) in [7, 11) is 1.52. The number of fused-ring (bicyclic) bond motifs is 1. The summed E-state index contributed by atoms with van der Waals surface area (Å²) in [5.74, 6) is 1.36. The van der Waals surface area contributed by atoms with Gasteiger partial charge in [0.05, 0.1) is 13.5 Å². The largest absolute Gasteiger partial charge is 0.481 e. The number of hydrogen-bond donors (Lipinski definition) is 0. The van der Waals surface area contributed by atoms with Crippen molar-refractivity contribution in [2.75, 3.05) is 7.11 Å². The number of nitrogens with zero attached hydrogens (tertiary/aromatic N) is 2. The second kappa shape index (κ2) is 5.40. The maximum atomic E-state index is 11.5. The maximum absolute atomic E-state index is 11.5. The first-order valence-corrected chi connectivity index (χ1v) is 6.55. The molecule has 0 saturated carbocycles. The van der Waals surface area contributed by atoms with E-state index in [1.165, 1.54) is 7.11 Å². The number of esters is 1. The fourth-order valence-electron chi connectivity index (χ4n) is 2.19. The van der Waals surface area contributed by atoms with Gasteiger partial charge in [-0.25, -0.2) is 4.98 Å². The molecule has 6 nitrogen and oxygen atoms in total. The van der Waals surface area contributed by atoms with E-state index >= 15 is 0 Å². The normalized spacial score (nSPS) is 16.9. The molecule has 0 fully saturated rings. The van der Waals surface area contributed by atoms with Crippen LogP contribution in [0.2, 0.25) is 0 Å². The second-order valence-corrected chi connectivity index (χ2v) is 4.76. The summed E-state index contributed by atoms with van der Waals surface area (Å²) in [6, 6.07) is 7.17. The van der Waals surface area contributed by atoms with Crippen LogP contribution in [0.3, 0.4) is 0 Å². The highest BCUT2D eigenvalue weighted by Crippen LogP contribution is 2.37. The molecule has 2 heterocycles. The van der Waals surface area contributed by atoms with Gasteiger partial charge in [-0.05, 0) is 17.5 Å². The Hall–Kier alpha value is -2.63. The Balaban J connectivity index is 1.86. The van der Waals surface area contributed by atoms with E-state index in [0.717, 1.165) is 5.56 Å². The van der Waals surface area contributed by atoms with Crippen LogP contribution >= 0.6 is 0 Å². The predicted octanol–water partition coefficient (Wildman–Crippen LogP) is 2.69. The molecule has 2 aromatic rings. The molecule has 0 amide bonds. The van der Waals surface area contributed by atoms with Gasteiger partial charge >= 0.3 is 12.0 Å². The van der Waals surface area contributed by atoms with Crippen molar-refractivity contribution in [3.63, 3.8) is 0 Å². The number of benzene rings is 1. The highest BCUT2D eigenvalue weighted by molar-refractivity contribution is 5.76. The predicted molar refractivity (Wildman–Crippen MR) is 73.8 cm³/mol. The fraction of sp³-hybridized carbons (Fsp3) is 0.267. The average Bonchev–Trinajstić information content (AvgIpc) is 2.47. The van der Waals surface area contributed by atoms with Gasteiger partial charge in [-0.3, -0.25) is 4.79 Å². The van der Waals surface area contributed by atoms with E-state index in [4.69, 9.17) is 14.2 Å². The number of carbonyl (C=O) groups excluding carboxylic acids is 1. The minimum Gasteiger partial charge on any atom is -0.481 e. The zero-order valence-electron chi connectivity index (χ0n) is 11.7. The van der Waals surface area contributed by atoms with Crippen LogP contribution in [-0.4, -0.2) is 23.0 Å². The van der Waals surface area contributed by atoms with Gasteiger partial charge < -0.3 is 14.2 Å². The summed E-state index contributed by atoms with van der Waals surface area (Å²) in [5.41, 5.74) is 0.994. The molecule has 0 N–H and O–H groups in total. The average molecular weight is 286 g/mol. The van der Waals surface area contributed by atoms with E-state index in [1.54, 1.807) is 24.4 Å². The minimum atomic E-state index is -0.232. The summed E-state index contributed by atoms with van der Waals surface area (Å²) in [6.07, 6.45) is 1.94. The zero-order chi connectivity index (χ0) is 14.8. The van der Waals surface area contributed by atoms with Crippen molar-refractivity contribution in [1.29, 1.82) is 0 Å². The van der Waals surface area contributed by atoms with E-state index in [1.807, 2.05) is 13.0 Å². The molecule has 0 spiro atoms. The van der Waals surface area contributed by atoms with Crippen LogP contribution in [0.5, 0.6) is 23.4 Å². The van der Waals surface area contributed by atoms with Crippen molar-refractivity contribution in [1.82, 2.24) is 9.97 Å². The number of hydrogen-bond acceptors (Lipinski definition) is 6. The molecule has 6 heteroatoms. The van der Waals surface area contributed by atoms with E-state index in [2.05, 4.69) is 9.97 Å². The van der Waals surface area contributed by atoms with Crippen molar-refractivity contribution >= 4 is 5.97 Å². The molecular formula is C15H14N2O4. The molecular weight excluding hydrogens is 272 g/mol. The van der Waals surface area contributed by atoms with Crippen LogP contribution in [0.15, 0.2) is 30.5 Å². The Morgan fingerprint density at radius 1 is 1.33 bits per heavy atom. The molecule has 3 rings (SSSR count). The van der Waals surface area contributed by atoms with Crippen molar-refractivity contribution in [2.24, 2.45) is 0 Å². The zero-order valence-corrected chi connectivity index (χ0v) is 11.7. The van der Waals surface area contributed by atoms with Gasteiger partial charge in [0.2, 0.25) is 5.88 Å². The lowest BCUT2D eigenvalue weighted by Gasteiger charge is -2.21. The topological polar surface area (TPSA) is 70.5 Å². The number of rotatable bonds is 3. The first-order chi connectivity index (χ1) is 10.2. The number of ether oxygens (including phenoxy) is 3. The maximum Gasteiger partial charge on any atom is 0.325 e. The van der Waals surface area contributed by atoms with Crippen LogP contribution in [0.25, 0.3) is 0 Å². The Morgan fingerprint density at radius 2 is 2.19 bits per heavy atom. The number of methoxy groups -OCH3 is 1. The van der Waals surface area contributed by atoms with E-state index < -0.39 is 0 Å². The number of carbonyl (C=O) groups is 1. The van der Waals surface area contributed by atoms with Crippen LogP contribution in [0, 0.1) is 0 Å². The first kappa shape index (κ1) is 13.4. The molecule has 1 aromatic heterocycles. The third-order valence-corrected chi connectivity index (χ3v) is 3.24. The molecule has 1 atom stereocenters. The summed E-state index contributed by atoms with van der Waals surface area (Å²) in [5, 5.41) is 0. The number of aromatic nitrogens is 2. The minimum absolute atomic E-state index is 0.142. The van der Waals surface area contributed by atoms with Gasteiger partial charge in [0.1, 0.15) is 11.5 Å². The Morgan fingerprint density at radius 3 is 3.00 bits per heavy atom. The van der Waals surface area contributed by atoms with Gasteiger partial charge in [0.25, 0.3) is 0 Å². The lowest BCUT2D eigenvalue weighted by atomic mass is 9.95. The molecule has 0 radical (unpaired) electrons. The Kier molecular flexibility index (Phi) is 3.43. The lowest BCUT2D eigenvalue weighted by Crippen LogP contribution is -2.18. The molecule has 21 heavy (non-hydrogen) atoms. The Bertz CT molecular complexity index is 687. The third kappa shape index (κ3) is 2.79. The molecule has 1 aliphatic heterocycles. The van der Waals surface area contributed by atoms with Crippen molar-refractivity contribution < 1.29 is 19.0 Å². The molecule has 1 aliphatic rings. The van der Waals surface area contributed by atoms with Gasteiger partial charge in [0.15, 0.2) is 0 Å². The SMILES string of the molecule is COc1ccnc(Oc2ccc3c(c2)OC(=O)CC3C)n1. The van der Waals surface area contributed by atoms with E-state index in [-0.39, 0.29) is 17.9 Å². The van der Waals surface area contributed by atoms with Crippen molar-refractivity contribution in [2.45, 2.75) is 19.3 Å². The van der Waals surface area contributed by atoms with E-state index in [9.17, 15) is 4.79 Å². The second-order valence-electron chi connectivity index (χ2n) is 4.76. The molecule has 0 aliphatic carbocycles. The van der Waals surface area contributed by atoms with Crippen molar-refractivity contribution in [3.8, 4) is 23.4 Å². The quantitative estimate of drug-likeness (QED) is 0.638. The third-order valence-electron chi connectivity index (χ3n) is 3.24. The highest BCUT2D eigenvalue weighted by Gasteiger charge is 2.24. The fourth-order valence-corrected chi connectivity index (χ4v) is 2.19. The van der Waals surface area contributed by atoms with Crippen LogP contribution in [0.4, 0.5) is 0 Å². The van der Waals surface area contributed by atoms with Crippen LogP contribution in [0.1, 0.15) is 24.8 Å². The molecule has 108 valence electrons. The molecule has 1 unspecified atom stereocenters. The smallest absolute Gasteiger partial charge is 0.325 e. The molecule has 0 bridgehead atoms. The molecule has 1 aromatic carbocycles. The first-order valence-electron chi connectivity index (χ1n) is 6.55.